The molecule has 0 unspecified atom stereocenters. The fourth-order valence-corrected chi connectivity index (χ4v) is 3.90. The number of nitriles is 1. The monoisotopic (exact) mass is 430 g/mol. The van der Waals surface area contributed by atoms with Gasteiger partial charge in [-0.1, -0.05) is 37.6 Å². The lowest BCUT2D eigenvalue weighted by Gasteiger charge is -2.25. The zero-order chi connectivity index (χ0) is 22.7. The summed E-state index contributed by atoms with van der Waals surface area (Å²) >= 11 is 0. The molecule has 7 nitrogen and oxygen atoms in total. The number of fused-ring (bicyclic) bond motifs is 1. The Morgan fingerprint density at radius 3 is 2.66 bits per heavy atom. The van der Waals surface area contributed by atoms with E-state index in [9.17, 15) is 5.26 Å². The van der Waals surface area contributed by atoms with Crippen molar-refractivity contribution in [1.82, 2.24) is 9.78 Å². The molecule has 2 aromatic carbocycles. The van der Waals surface area contributed by atoms with Crippen LogP contribution in [0.3, 0.4) is 0 Å². The summed E-state index contributed by atoms with van der Waals surface area (Å²) in [5, 5.41) is 14.6. The number of nitrogens with zero attached hydrogens (tertiary/aromatic N) is 3. The number of ether oxygens (including phenoxy) is 3. The predicted molar refractivity (Wildman–Crippen MR) is 121 cm³/mol. The van der Waals surface area contributed by atoms with Crippen molar-refractivity contribution in [1.29, 1.82) is 5.26 Å². The van der Waals surface area contributed by atoms with Gasteiger partial charge in [0.25, 0.3) is 0 Å². The van der Waals surface area contributed by atoms with Gasteiger partial charge in [0.15, 0.2) is 11.5 Å². The average Bonchev–Trinajstić information content (AvgIpc) is 3.14. The smallest absolute Gasteiger partial charge is 0.229 e. The van der Waals surface area contributed by atoms with Crippen LogP contribution in [-0.2, 0) is 0 Å². The fraction of sp³-hybridized carbons (Fsp3) is 0.280. The molecule has 1 aliphatic rings. The van der Waals surface area contributed by atoms with E-state index in [1.54, 1.807) is 11.8 Å². The van der Waals surface area contributed by atoms with E-state index in [0.717, 1.165) is 35.3 Å². The van der Waals surface area contributed by atoms with Crippen LogP contribution in [0.4, 0.5) is 0 Å². The van der Waals surface area contributed by atoms with Crippen LogP contribution in [0.2, 0.25) is 0 Å². The predicted octanol–water partition coefficient (Wildman–Crippen LogP) is 4.59. The standard InChI is InChI=1S/C25H26N4O3/c1-4-5-13-31-20-12-11-17(14-21(20)30-3)23-19(15-26)24(27)32-25-22(23)16(2)28-29(25)18-9-7-6-8-10-18/h6-12,14,23H,4-5,13,27H2,1-3H3/t23-/m0/s1. The Hall–Kier alpha value is -3.92. The van der Waals surface area contributed by atoms with Crippen LogP contribution >= 0.6 is 0 Å². The molecule has 0 amide bonds. The molecule has 0 spiro atoms. The molecule has 0 aliphatic carbocycles. The molecule has 0 fully saturated rings. The summed E-state index contributed by atoms with van der Waals surface area (Å²) in [7, 11) is 1.61. The molecule has 1 aromatic heterocycles. The van der Waals surface area contributed by atoms with Crippen molar-refractivity contribution in [2.75, 3.05) is 13.7 Å². The molecule has 4 rings (SSSR count). The number of rotatable bonds is 7. The molecule has 7 heteroatoms. The molecule has 0 radical (unpaired) electrons. The van der Waals surface area contributed by atoms with E-state index >= 15 is 0 Å². The van der Waals surface area contributed by atoms with Crippen LogP contribution in [0.15, 0.2) is 60.0 Å². The summed E-state index contributed by atoms with van der Waals surface area (Å²) in [5.41, 5.74) is 9.82. The van der Waals surface area contributed by atoms with Gasteiger partial charge in [-0.15, -0.1) is 0 Å². The number of allylic oxidation sites excluding steroid dienone is 1. The number of hydrogen-bond acceptors (Lipinski definition) is 6. The third-order valence-electron chi connectivity index (χ3n) is 5.51. The topological polar surface area (TPSA) is 95.3 Å². The molecular weight excluding hydrogens is 404 g/mol. The number of aromatic nitrogens is 2. The number of benzene rings is 2. The first-order chi connectivity index (χ1) is 15.6. The van der Waals surface area contributed by atoms with Crippen molar-refractivity contribution in [2.24, 2.45) is 5.73 Å². The van der Waals surface area contributed by atoms with Crippen molar-refractivity contribution in [2.45, 2.75) is 32.6 Å². The summed E-state index contributed by atoms with van der Waals surface area (Å²) < 4.78 is 19.1. The second kappa shape index (κ2) is 9.06. The van der Waals surface area contributed by atoms with E-state index in [1.807, 2.05) is 55.5 Å². The summed E-state index contributed by atoms with van der Waals surface area (Å²) in [4.78, 5) is 0. The maximum atomic E-state index is 9.91. The lowest BCUT2D eigenvalue weighted by molar-refractivity contribution is 0.288. The highest BCUT2D eigenvalue weighted by Gasteiger charge is 2.36. The minimum atomic E-state index is -0.431. The largest absolute Gasteiger partial charge is 0.493 e. The first kappa shape index (κ1) is 21.3. The van der Waals surface area contributed by atoms with E-state index in [1.165, 1.54) is 0 Å². The van der Waals surface area contributed by atoms with Gasteiger partial charge >= 0.3 is 0 Å². The van der Waals surface area contributed by atoms with E-state index in [0.29, 0.717) is 29.6 Å². The van der Waals surface area contributed by atoms with Gasteiger partial charge in [0.1, 0.15) is 11.6 Å². The third-order valence-corrected chi connectivity index (χ3v) is 5.51. The van der Waals surface area contributed by atoms with Crippen LogP contribution in [0.1, 0.15) is 42.5 Å². The quantitative estimate of drug-likeness (QED) is 0.551. The van der Waals surface area contributed by atoms with Gasteiger partial charge in [-0.25, -0.2) is 4.68 Å². The minimum Gasteiger partial charge on any atom is -0.493 e. The van der Waals surface area contributed by atoms with Gasteiger partial charge in [0, 0.05) is 0 Å². The highest BCUT2D eigenvalue weighted by molar-refractivity contribution is 5.59. The van der Waals surface area contributed by atoms with Crippen molar-refractivity contribution in [3.63, 3.8) is 0 Å². The normalized spacial score (nSPS) is 15.0. The van der Waals surface area contributed by atoms with E-state index in [-0.39, 0.29) is 5.88 Å². The molecule has 3 aromatic rings. The van der Waals surface area contributed by atoms with Crippen LogP contribution < -0.4 is 19.9 Å². The van der Waals surface area contributed by atoms with Crippen LogP contribution in [0, 0.1) is 18.3 Å². The highest BCUT2D eigenvalue weighted by Crippen LogP contribution is 2.46. The Morgan fingerprint density at radius 2 is 1.97 bits per heavy atom. The number of nitrogens with two attached hydrogens (primary N) is 1. The van der Waals surface area contributed by atoms with E-state index in [4.69, 9.17) is 25.0 Å². The molecule has 0 saturated carbocycles. The number of unbranched alkanes of at least 4 members (excludes halogenated alkanes) is 1. The lowest BCUT2D eigenvalue weighted by Crippen LogP contribution is -2.22. The summed E-state index contributed by atoms with van der Waals surface area (Å²) in [6.45, 7) is 4.64. The fourth-order valence-electron chi connectivity index (χ4n) is 3.90. The second-order valence-corrected chi connectivity index (χ2v) is 7.59. The van der Waals surface area contributed by atoms with E-state index in [2.05, 4.69) is 13.0 Å². The van der Waals surface area contributed by atoms with Crippen LogP contribution in [0.5, 0.6) is 17.4 Å². The van der Waals surface area contributed by atoms with Gasteiger partial charge in [0.2, 0.25) is 11.8 Å². The first-order valence-corrected chi connectivity index (χ1v) is 10.6. The first-order valence-electron chi connectivity index (χ1n) is 10.6. The SMILES string of the molecule is CCCCOc1ccc([C@H]2C(C#N)=C(N)Oc3c2c(C)nn3-c2ccccc2)cc1OC. The lowest BCUT2D eigenvalue weighted by atomic mass is 9.84. The van der Waals surface area contributed by atoms with Crippen molar-refractivity contribution >= 4 is 0 Å². The van der Waals surface area contributed by atoms with Gasteiger partial charge < -0.3 is 19.9 Å². The Balaban J connectivity index is 1.83. The average molecular weight is 431 g/mol. The Morgan fingerprint density at radius 1 is 1.19 bits per heavy atom. The maximum absolute atomic E-state index is 9.91. The van der Waals surface area contributed by atoms with E-state index < -0.39 is 5.92 Å². The van der Waals surface area contributed by atoms with Gasteiger partial charge in [-0.05, 0) is 43.2 Å². The third kappa shape index (κ3) is 3.76. The van der Waals surface area contributed by atoms with Crippen LogP contribution in [0.25, 0.3) is 5.69 Å². The van der Waals surface area contributed by atoms with Crippen molar-refractivity contribution in [3.8, 4) is 29.1 Å². The summed E-state index contributed by atoms with van der Waals surface area (Å²) in [6, 6.07) is 17.6. The van der Waals surface area contributed by atoms with Gasteiger partial charge in [0.05, 0.1) is 36.6 Å². The number of hydrogen-bond donors (Lipinski definition) is 1. The highest BCUT2D eigenvalue weighted by atomic mass is 16.5. The van der Waals surface area contributed by atoms with Crippen LogP contribution in [-0.4, -0.2) is 23.5 Å². The molecule has 2 N–H and O–H groups in total. The maximum Gasteiger partial charge on any atom is 0.229 e. The summed E-state index contributed by atoms with van der Waals surface area (Å²) in [6.07, 6.45) is 2.01. The Labute approximate surface area is 187 Å². The molecular formula is C25H26N4O3. The molecule has 32 heavy (non-hydrogen) atoms. The minimum absolute atomic E-state index is 0.0734. The zero-order valence-corrected chi connectivity index (χ0v) is 18.5. The molecule has 0 saturated heterocycles. The number of aryl methyl sites for hydroxylation is 1. The molecule has 164 valence electrons. The number of para-hydroxylation sites is 1. The molecule has 1 atom stereocenters. The van der Waals surface area contributed by atoms with Gasteiger partial charge in [-0.2, -0.15) is 10.4 Å². The van der Waals surface area contributed by atoms with Gasteiger partial charge in [-0.3, -0.25) is 0 Å². The van der Waals surface area contributed by atoms with Crippen molar-refractivity contribution in [3.05, 3.63) is 76.8 Å². The van der Waals surface area contributed by atoms with Crippen molar-refractivity contribution < 1.29 is 14.2 Å². The molecule has 1 aliphatic heterocycles. The Bertz CT molecular complexity index is 1190. The Kier molecular flexibility index (Phi) is 6.04. The zero-order valence-electron chi connectivity index (χ0n) is 18.5. The summed E-state index contributed by atoms with van der Waals surface area (Å²) in [5.74, 6) is 1.43. The molecule has 0 bridgehead atoms. The second-order valence-electron chi connectivity index (χ2n) is 7.59. The number of methoxy groups -OCH3 is 1. The molecule has 2 heterocycles.